The molecular weight excluding hydrogens is 597 g/mol. The maximum atomic E-state index is 14.3. The molecule has 4 nitrogen and oxygen atoms in total. The number of ether oxygens (including phenoxy) is 1. The zero-order chi connectivity index (χ0) is 32.0. The van der Waals surface area contributed by atoms with Gasteiger partial charge in [-0.25, -0.2) is 8.42 Å². The minimum Gasteiger partial charge on any atom is -0.405 e. The van der Waals surface area contributed by atoms with Crippen molar-refractivity contribution in [2.45, 2.75) is 102 Å². The molecule has 0 radical (unpaired) electrons. The molecule has 0 spiro atoms. The van der Waals surface area contributed by atoms with Crippen molar-refractivity contribution in [2.24, 2.45) is 5.92 Å². The molecule has 0 N–H and O–H groups in total. The van der Waals surface area contributed by atoms with Gasteiger partial charge in [0.15, 0.2) is 9.84 Å². The van der Waals surface area contributed by atoms with Crippen LogP contribution in [0.2, 0.25) is 23.2 Å². The topological polar surface area (TPSA) is 52.6 Å². The van der Waals surface area contributed by atoms with Gasteiger partial charge in [-0.1, -0.05) is 145 Å². The largest absolute Gasteiger partial charge is 0.405 e. The Labute approximate surface area is 269 Å². The quantitative estimate of drug-likeness (QED) is 0.186. The second-order valence-corrected chi connectivity index (χ2v) is 25.2. The molecule has 3 aromatic rings. The summed E-state index contributed by atoms with van der Waals surface area (Å²) in [5, 5.41) is 2.38. The predicted octanol–water partition coefficient (Wildman–Crippen LogP) is 8.15. The van der Waals surface area contributed by atoms with Crippen LogP contribution in [0.3, 0.4) is 0 Å². The first-order chi connectivity index (χ1) is 20.9. The Morgan fingerprint density at radius 2 is 1.30 bits per heavy atom. The highest BCUT2D eigenvalue weighted by atomic mass is 32.2. The number of sulfone groups is 1. The van der Waals surface area contributed by atoms with Gasteiger partial charge in [-0.2, -0.15) is 0 Å². The van der Waals surface area contributed by atoms with Gasteiger partial charge in [0.1, 0.15) is 8.07 Å². The Balaban J connectivity index is 1.72. The van der Waals surface area contributed by atoms with E-state index < -0.39 is 26.2 Å². The van der Waals surface area contributed by atoms with E-state index in [1.807, 2.05) is 24.3 Å². The average molecular weight is 649 g/mol. The van der Waals surface area contributed by atoms with Gasteiger partial charge in [-0.05, 0) is 52.4 Å². The molecule has 0 aromatic heterocycles. The van der Waals surface area contributed by atoms with Gasteiger partial charge < -0.3 is 9.16 Å². The lowest BCUT2D eigenvalue weighted by Gasteiger charge is -2.44. The van der Waals surface area contributed by atoms with E-state index in [4.69, 9.17) is 9.16 Å². The molecule has 0 unspecified atom stereocenters. The van der Waals surface area contributed by atoms with Gasteiger partial charge in [-0.3, -0.25) is 0 Å². The normalized spacial score (nSPS) is 20.4. The van der Waals surface area contributed by atoms with E-state index in [9.17, 15) is 8.42 Å². The molecule has 1 heterocycles. The molecule has 3 aromatic carbocycles. The van der Waals surface area contributed by atoms with Crippen LogP contribution in [0.4, 0.5) is 0 Å². The van der Waals surface area contributed by atoms with E-state index in [2.05, 4.69) is 109 Å². The molecule has 44 heavy (non-hydrogen) atoms. The first-order valence-corrected chi connectivity index (χ1v) is 22.4. The summed E-state index contributed by atoms with van der Waals surface area (Å²) in [5.41, 5.74) is 0. The lowest BCUT2D eigenvalue weighted by atomic mass is 9.93. The van der Waals surface area contributed by atoms with Gasteiger partial charge in [-0.15, -0.1) is 0 Å². The Morgan fingerprint density at radius 1 is 0.818 bits per heavy atom. The van der Waals surface area contributed by atoms with Crippen LogP contribution in [0, 0.1) is 5.92 Å². The minimum absolute atomic E-state index is 0.115. The Kier molecular flexibility index (Phi) is 11.3. The summed E-state index contributed by atoms with van der Waals surface area (Å²) >= 11 is 0. The fourth-order valence-corrected chi connectivity index (χ4v) is 19.7. The molecule has 1 aliphatic rings. The molecular formula is C37H52O4SSi2. The van der Waals surface area contributed by atoms with E-state index in [0.717, 1.165) is 31.0 Å². The van der Waals surface area contributed by atoms with Gasteiger partial charge in [0.2, 0.25) is 0 Å². The van der Waals surface area contributed by atoms with Crippen LogP contribution in [-0.2, 0) is 19.0 Å². The second-order valence-electron chi connectivity index (χ2n) is 13.4. The highest BCUT2D eigenvalue weighted by Crippen LogP contribution is 2.40. The fraction of sp³-hybridized carbons (Fsp3) is 0.459. The van der Waals surface area contributed by atoms with E-state index in [1.54, 1.807) is 12.1 Å². The van der Waals surface area contributed by atoms with E-state index >= 15 is 0 Å². The van der Waals surface area contributed by atoms with Gasteiger partial charge in [0, 0.05) is 4.53 Å². The van der Waals surface area contributed by atoms with Crippen LogP contribution in [0.15, 0.2) is 106 Å². The first-order valence-electron chi connectivity index (χ1n) is 16.4. The summed E-state index contributed by atoms with van der Waals surface area (Å²) in [6.45, 7) is 16.0. The van der Waals surface area contributed by atoms with E-state index in [1.165, 1.54) is 10.4 Å². The highest BCUT2D eigenvalue weighted by Gasteiger charge is 2.50. The molecule has 3 atom stereocenters. The average Bonchev–Trinajstić information content (AvgIpc) is 3.04. The second kappa shape index (κ2) is 14.4. The standard InChI is InChI=1S/C37H52O4SSi2/c1-8-43(9-2,10-3)36(42(38,39)32-20-14-11-15-21-32)28-35-30(4)26-27-31(41-35)29-40-44(37(5,6)7,33-22-16-12-17-23-33)34-24-18-13-19-25-34/h11-25,28,30-31,35H,8-10,26-27,29H2,1-7H3/b36-28+/t30-,31+,35-/m1/s1. The zero-order valence-corrected chi connectivity index (χ0v) is 30.6. The van der Waals surface area contributed by atoms with Gasteiger partial charge >= 0.3 is 0 Å². The monoisotopic (exact) mass is 648 g/mol. The molecule has 0 bridgehead atoms. The van der Waals surface area contributed by atoms with Crippen molar-refractivity contribution in [2.75, 3.05) is 6.61 Å². The Bertz CT molecular complexity index is 1420. The number of hydrogen-bond donors (Lipinski definition) is 0. The lowest BCUT2D eigenvalue weighted by molar-refractivity contribution is -0.0722. The Hall–Kier alpha value is -2.30. The van der Waals surface area contributed by atoms with Crippen molar-refractivity contribution in [3.05, 3.63) is 102 Å². The van der Waals surface area contributed by atoms with Crippen LogP contribution in [0.25, 0.3) is 0 Å². The maximum Gasteiger partial charge on any atom is 0.261 e. The summed E-state index contributed by atoms with van der Waals surface area (Å²) in [6.07, 6.45) is 3.50. The lowest BCUT2D eigenvalue weighted by Crippen LogP contribution is -2.67. The molecule has 0 saturated carbocycles. The van der Waals surface area contributed by atoms with Crippen LogP contribution in [0.1, 0.15) is 61.3 Å². The molecule has 4 rings (SSSR count). The molecule has 1 fully saturated rings. The highest BCUT2D eigenvalue weighted by molar-refractivity contribution is 7.97. The fourth-order valence-electron chi connectivity index (χ4n) is 7.04. The van der Waals surface area contributed by atoms with Crippen molar-refractivity contribution in [3.8, 4) is 0 Å². The number of benzene rings is 3. The third kappa shape index (κ3) is 6.92. The third-order valence-electron chi connectivity index (χ3n) is 9.97. The van der Waals surface area contributed by atoms with Crippen LogP contribution >= 0.6 is 0 Å². The molecule has 1 aliphatic heterocycles. The Morgan fingerprint density at radius 3 is 1.75 bits per heavy atom. The number of hydrogen-bond acceptors (Lipinski definition) is 4. The molecule has 1 saturated heterocycles. The van der Waals surface area contributed by atoms with Crippen molar-refractivity contribution in [1.82, 2.24) is 0 Å². The summed E-state index contributed by atoms with van der Waals surface area (Å²) in [5.74, 6) is 0.220. The van der Waals surface area contributed by atoms with Gasteiger partial charge in [0.25, 0.3) is 8.32 Å². The van der Waals surface area contributed by atoms with Gasteiger partial charge in [0.05, 0.1) is 23.7 Å². The number of rotatable bonds is 12. The summed E-state index contributed by atoms with van der Waals surface area (Å²) in [4.78, 5) is 0.383. The predicted molar refractivity (Wildman–Crippen MR) is 190 cm³/mol. The summed E-state index contributed by atoms with van der Waals surface area (Å²) in [6, 6.07) is 33.0. The molecule has 0 aliphatic carbocycles. The smallest absolute Gasteiger partial charge is 0.261 e. The first kappa shape index (κ1) is 34.6. The van der Waals surface area contributed by atoms with E-state index in [-0.39, 0.29) is 23.2 Å². The van der Waals surface area contributed by atoms with Crippen molar-refractivity contribution >= 4 is 36.6 Å². The maximum absolute atomic E-state index is 14.3. The molecule has 7 heteroatoms. The van der Waals surface area contributed by atoms with Crippen LogP contribution < -0.4 is 10.4 Å². The van der Waals surface area contributed by atoms with Crippen molar-refractivity contribution < 1.29 is 17.6 Å². The summed E-state index contributed by atoms with van der Waals surface area (Å²) < 4.78 is 43.3. The van der Waals surface area contributed by atoms with E-state index in [0.29, 0.717) is 16.0 Å². The SMILES string of the molecule is CC[Si](CC)(CC)/C(=C/[C@H]1O[C@H](CO[Si](c2ccccc2)(c2ccccc2)C(C)(C)C)CC[C@H]1C)S(=O)(=O)c1ccccc1. The zero-order valence-electron chi connectivity index (χ0n) is 27.8. The minimum atomic E-state index is -3.64. The third-order valence-corrected chi connectivity index (χ3v) is 24.0. The molecule has 0 amide bonds. The van der Waals surface area contributed by atoms with Crippen LogP contribution in [0.5, 0.6) is 0 Å². The summed E-state index contributed by atoms with van der Waals surface area (Å²) in [7, 11) is -8.65. The van der Waals surface area contributed by atoms with Crippen molar-refractivity contribution in [3.63, 3.8) is 0 Å². The molecule has 238 valence electrons. The van der Waals surface area contributed by atoms with Crippen molar-refractivity contribution in [1.29, 1.82) is 0 Å². The van der Waals surface area contributed by atoms with Crippen LogP contribution in [-0.4, -0.2) is 43.6 Å².